The van der Waals surface area contributed by atoms with Crippen LogP contribution in [0.1, 0.15) is 29.1 Å². The molecule has 0 aliphatic carbocycles. The maximum absolute atomic E-state index is 5.89. The summed E-state index contributed by atoms with van der Waals surface area (Å²) in [6.45, 7) is 5.97. The lowest BCUT2D eigenvalue weighted by Crippen LogP contribution is -2.32. The lowest BCUT2D eigenvalue weighted by atomic mass is 10.1. The molecule has 0 unspecified atom stereocenters. The quantitative estimate of drug-likeness (QED) is 0.592. The summed E-state index contributed by atoms with van der Waals surface area (Å²) in [5.74, 6) is 1.05. The molecule has 1 aromatic carbocycles. The van der Waals surface area contributed by atoms with E-state index < -0.39 is 0 Å². The van der Waals surface area contributed by atoms with Gasteiger partial charge in [-0.1, -0.05) is 18.2 Å². The van der Waals surface area contributed by atoms with Gasteiger partial charge in [-0.05, 0) is 73.7 Å². The zero-order valence-electron chi connectivity index (χ0n) is 16.0. The lowest BCUT2D eigenvalue weighted by Gasteiger charge is -2.26. The van der Waals surface area contributed by atoms with E-state index in [-0.39, 0.29) is 0 Å². The molecular weight excluding hydrogens is 386 g/mol. The van der Waals surface area contributed by atoms with Crippen LogP contribution in [-0.2, 0) is 26.2 Å². The molecular formula is C21H25N5S2. The number of nitrogens with zero attached hydrogens (tertiary/aromatic N) is 5. The van der Waals surface area contributed by atoms with Crippen molar-refractivity contribution in [3.8, 4) is 5.69 Å². The summed E-state index contributed by atoms with van der Waals surface area (Å²) in [7, 11) is 0. The van der Waals surface area contributed by atoms with Crippen LogP contribution < -0.4 is 0 Å². The first-order chi connectivity index (χ1) is 13.8. The number of thiophene rings is 1. The molecule has 1 fully saturated rings. The number of benzene rings is 1. The minimum absolute atomic E-state index is 0.751. The number of hydrogen-bond donors (Lipinski definition) is 0. The molecule has 0 radical (unpaired) electrons. The third-order valence-electron chi connectivity index (χ3n) is 5.71. The lowest BCUT2D eigenvalue weighted by molar-refractivity contribution is 0.188. The smallest absolute Gasteiger partial charge is 0.203 e. The van der Waals surface area contributed by atoms with Crippen molar-refractivity contribution in [1.29, 1.82) is 0 Å². The van der Waals surface area contributed by atoms with Crippen molar-refractivity contribution >= 4 is 23.6 Å². The van der Waals surface area contributed by atoms with Crippen LogP contribution in [0.5, 0.6) is 0 Å². The van der Waals surface area contributed by atoms with Crippen molar-refractivity contribution in [2.75, 3.05) is 19.6 Å². The van der Waals surface area contributed by atoms with Crippen molar-refractivity contribution in [3.05, 3.63) is 62.8 Å². The average molecular weight is 412 g/mol. The van der Waals surface area contributed by atoms with E-state index in [1.807, 2.05) is 22.1 Å². The summed E-state index contributed by atoms with van der Waals surface area (Å²) in [5.41, 5.74) is 2.56. The third-order valence-corrected chi connectivity index (χ3v) is 7.12. The Balaban J connectivity index is 1.45. The van der Waals surface area contributed by atoms with E-state index in [9.17, 15) is 0 Å². The van der Waals surface area contributed by atoms with Crippen LogP contribution in [0.4, 0.5) is 0 Å². The molecule has 2 aliphatic rings. The van der Waals surface area contributed by atoms with Gasteiger partial charge >= 0.3 is 0 Å². The monoisotopic (exact) mass is 411 g/mol. The first-order valence-electron chi connectivity index (χ1n) is 10.0. The summed E-state index contributed by atoms with van der Waals surface area (Å²) in [4.78, 5) is 6.47. The van der Waals surface area contributed by atoms with Crippen LogP contribution in [0.3, 0.4) is 0 Å². The summed E-state index contributed by atoms with van der Waals surface area (Å²) in [5, 5.41) is 7.19. The zero-order chi connectivity index (χ0) is 18.9. The van der Waals surface area contributed by atoms with E-state index in [2.05, 4.69) is 50.1 Å². The van der Waals surface area contributed by atoms with Gasteiger partial charge in [-0.15, -0.1) is 11.3 Å². The molecule has 5 nitrogen and oxygen atoms in total. The summed E-state index contributed by atoms with van der Waals surface area (Å²) < 4.78 is 4.97. The molecule has 4 heterocycles. The summed E-state index contributed by atoms with van der Waals surface area (Å²) in [6.07, 6.45) is 3.69. The minimum atomic E-state index is 0.751. The van der Waals surface area contributed by atoms with Crippen LogP contribution in [-0.4, -0.2) is 43.8 Å². The van der Waals surface area contributed by atoms with Gasteiger partial charge in [-0.2, -0.15) is 5.10 Å². The van der Waals surface area contributed by atoms with Crippen LogP contribution in [0.25, 0.3) is 5.69 Å². The fraction of sp³-hybridized carbons (Fsp3) is 0.429. The highest BCUT2D eigenvalue weighted by atomic mass is 32.1. The number of likely N-dealkylation sites (tertiary alicyclic amines) is 1. The van der Waals surface area contributed by atoms with Gasteiger partial charge in [0.05, 0.1) is 13.2 Å². The van der Waals surface area contributed by atoms with Crippen molar-refractivity contribution in [2.24, 2.45) is 0 Å². The van der Waals surface area contributed by atoms with Gasteiger partial charge in [0.25, 0.3) is 0 Å². The van der Waals surface area contributed by atoms with Crippen molar-refractivity contribution in [3.63, 3.8) is 0 Å². The molecule has 0 amide bonds. The van der Waals surface area contributed by atoms with E-state index >= 15 is 0 Å². The second kappa shape index (κ2) is 7.91. The highest BCUT2D eigenvalue weighted by Crippen LogP contribution is 2.24. The number of hydrogen-bond acceptors (Lipinski definition) is 5. The van der Waals surface area contributed by atoms with Crippen molar-refractivity contribution in [1.82, 2.24) is 24.1 Å². The molecule has 146 valence electrons. The number of para-hydroxylation sites is 1. The molecule has 0 bridgehead atoms. The van der Waals surface area contributed by atoms with Crippen molar-refractivity contribution < 1.29 is 0 Å². The normalized spacial score (nSPS) is 17.9. The Labute approximate surface area is 174 Å². The fourth-order valence-corrected chi connectivity index (χ4v) is 5.44. The van der Waals surface area contributed by atoms with Crippen molar-refractivity contribution in [2.45, 2.75) is 39.0 Å². The Bertz CT molecular complexity index is 997. The molecule has 1 saturated heterocycles. The van der Waals surface area contributed by atoms with Gasteiger partial charge in [0, 0.05) is 23.7 Å². The van der Waals surface area contributed by atoms with Gasteiger partial charge < -0.3 is 0 Å². The molecule has 5 rings (SSSR count). The number of aromatic nitrogens is 3. The highest BCUT2D eigenvalue weighted by Gasteiger charge is 2.21. The van der Waals surface area contributed by atoms with Crippen LogP contribution >= 0.6 is 23.6 Å². The Morgan fingerprint density at radius 2 is 1.82 bits per heavy atom. The first kappa shape index (κ1) is 18.2. The van der Waals surface area contributed by atoms with Gasteiger partial charge in [0.15, 0.2) is 5.82 Å². The number of fused-ring (bicyclic) bond motifs is 1. The maximum atomic E-state index is 5.89. The molecule has 3 aromatic rings. The average Bonchev–Trinajstić information content (AvgIpc) is 3.44. The molecule has 2 aromatic heterocycles. The summed E-state index contributed by atoms with van der Waals surface area (Å²) in [6, 6.07) is 12.7. The molecule has 2 aliphatic heterocycles. The van der Waals surface area contributed by atoms with E-state index in [4.69, 9.17) is 17.3 Å². The predicted octanol–water partition coefficient (Wildman–Crippen LogP) is 4.08. The van der Waals surface area contributed by atoms with Crippen LogP contribution in [0.15, 0.2) is 41.8 Å². The molecule has 7 heteroatoms. The zero-order valence-corrected chi connectivity index (χ0v) is 17.6. The molecule has 0 atom stereocenters. The highest BCUT2D eigenvalue weighted by molar-refractivity contribution is 7.71. The second-order valence-corrected chi connectivity index (χ2v) is 9.03. The first-order valence-corrected chi connectivity index (χ1v) is 11.3. The topological polar surface area (TPSA) is 29.2 Å². The Hall–Kier alpha value is -1.80. The molecule has 0 N–H and O–H groups in total. The van der Waals surface area contributed by atoms with Crippen LogP contribution in [0.2, 0.25) is 0 Å². The minimum Gasteiger partial charge on any atom is -0.296 e. The van der Waals surface area contributed by atoms with Gasteiger partial charge in [-0.25, -0.2) is 4.68 Å². The Morgan fingerprint density at radius 1 is 1.00 bits per heavy atom. The SMILES string of the molecule is S=c1n(CN2CCc3sccc3C2)nc(CN2CCCC2)n1-c1ccccc1. The van der Waals surface area contributed by atoms with Gasteiger partial charge in [0.2, 0.25) is 4.77 Å². The van der Waals surface area contributed by atoms with E-state index in [1.54, 1.807) is 0 Å². The summed E-state index contributed by atoms with van der Waals surface area (Å²) >= 11 is 7.76. The fourth-order valence-electron chi connectivity index (χ4n) is 4.24. The Kier molecular flexibility index (Phi) is 5.15. The largest absolute Gasteiger partial charge is 0.296 e. The van der Waals surface area contributed by atoms with Crippen LogP contribution in [0, 0.1) is 4.77 Å². The predicted molar refractivity (Wildman–Crippen MR) is 115 cm³/mol. The van der Waals surface area contributed by atoms with E-state index in [0.29, 0.717) is 0 Å². The standard InChI is InChI=1S/C21H25N5S2/c27-21-25(16-24-12-8-19-17(14-24)9-13-28-19)22-20(15-23-10-4-5-11-23)26(21)18-6-2-1-3-7-18/h1-3,6-7,9,13H,4-5,8,10-12,14-16H2. The van der Waals surface area contributed by atoms with Gasteiger partial charge in [-0.3, -0.25) is 14.4 Å². The van der Waals surface area contributed by atoms with E-state index in [1.165, 1.54) is 23.3 Å². The van der Waals surface area contributed by atoms with Gasteiger partial charge in [0.1, 0.15) is 0 Å². The third kappa shape index (κ3) is 3.59. The molecule has 0 saturated carbocycles. The Morgan fingerprint density at radius 3 is 2.64 bits per heavy atom. The van der Waals surface area contributed by atoms with E-state index in [0.717, 1.165) is 62.1 Å². The second-order valence-electron chi connectivity index (χ2n) is 7.67. The molecule has 28 heavy (non-hydrogen) atoms. The number of rotatable bonds is 5. The molecule has 0 spiro atoms. The maximum Gasteiger partial charge on any atom is 0.203 e.